The number of rotatable bonds is 2. The summed E-state index contributed by atoms with van der Waals surface area (Å²) in [5.74, 6) is -0.573. The van der Waals surface area contributed by atoms with E-state index in [1.165, 1.54) is 18.2 Å². The SMILES string of the molecule is Cc1c(C(=O)Nc2cccc(F)c2)oc2ccc(Br)cc12. The molecule has 1 aromatic heterocycles. The Labute approximate surface area is 128 Å². The minimum absolute atomic E-state index is 0.229. The number of carbonyl (C=O) groups excluding carboxylic acids is 1. The van der Waals surface area contributed by atoms with Gasteiger partial charge in [0.25, 0.3) is 5.91 Å². The van der Waals surface area contributed by atoms with Crippen molar-refractivity contribution in [1.82, 2.24) is 0 Å². The maximum absolute atomic E-state index is 13.1. The fraction of sp³-hybridized carbons (Fsp3) is 0.0625. The van der Waals surface area contributed by atoms with Crippen molar-refractivity contribution in [3.05, 3.63) is 64.1 Å². The molecule has 0 atom stereocenters. The number of halogens is 2. The fourth-order valence-electron chi connectivity index (χ4n) is 2.16. The second-order valence-electron chi connectivity index (χ2n) is 4.66. The van der Waals surface area contributed by atoms with Gasteiger partial charge in [-0.05, 0) is 43.3 Å². The fourth-order valence-corrected chi connectivity index (χ4v) is 2.52. The molecule has 5 heteroatoms. The van der Waals surface area contributed by atoms with Crippen molar-refractivity contribution in [2.75, 3.05) is 5.32 Å². The number of nitrogens with one attached hydrogen (secondary N) is 1. The van der Waals surface area contributed by atoms with Gasteiger partial charge in [-0.1, -0.05) is 22.0 Å². The van der Waals surface area contributed by atoms with Crippen LogP contribution < -0.4 is 5.32 Å². The highest BCUT2D eigenvalue weighted by Crippen LogP contribution is 2.28. The Balaban J connectivity index is 1.96. The van der Waals surface area contributed by atoms with Crippen molar-refractivity contribution in [3.8, 4) is 0 Å². The van der Waals surface area contributed by atoms with Gasteiger partial charge in [0.1, 0.15) is 11.4 Å². The molecule has 0 aliphatic rings. The van der Waals surface area contributed by atoms with Crippen LogP contribution in [0.4, 0.5) is 10.1 Å². The molecule has 0 saturated heterocycles. The van der Waals surface area contributed by atoms with Crippen LogP contribution in [0.25, 0.3) is 11.0 Å². The van der Waals surface area contributed by atoms with E-state index in [-0.39, 0.29) is 5.76 Å². The Morgan fingerprint density at radius 3 is 2.81 bits per heavy atom. The number of aryl methyl sites for hydroxylation is 1. The molecule has 3 rings (SSSR count). The number of benzene rings is 2. The van der Waals surface area contributed by atoms with E-state index in [4.69, 9.17) is 4.42 Å². The van der Waals surface area contributed by atoms with E-state index in [0.717, 1.165) is 15.4 Å². The highest BCUT2D eigenvalue weighted by atomic mass is 79.9. The summed E-state index contributed by atoms with van der Waals surface area (Å²) >= 11 is 3.39. The van der Waals surface area contributed by atoms with Gasteiger partial charge in [-0.15, -0.1) is 0 Å². The van der Waals surface area contributed by atoms with Crippen molar-refractivity contribution in [2.24, 2.45) is 0 Å². The van der Waals surface area contributed by atoms with Crippen molar-refractivity contribution in [3.63, 3.8) is 0 Å². The first kappa shape index (κ1) is 13.8. The lowest BCUT2D eigenvalue weighted by Gasteiger charge is -2.03. The summed E-state index contributed by atoms with van der Waals surface area (Å²) < 4.78 is 19.6. The van der Waals surface area contributed by atoms with Crippen LogP contribution in [0.1, 0.15) is 16.1 Å². The van der Waals surface area contributed by atoms with E-state index < -0.39 is 11.7 Å². The molecular formula is C16H11BrFNO2. The summed E-state index contributed by atoms with van der Waals surface area (Å²) in [4.78, 5) is 12.3. The minimum Gasteiger partial charge on any atom is -0.451 e. The second kappa shape index (κ2) is 5.33. The van der Waals surface area contributed by atoms with Gasteiger partial charge in [-0.25, -0.2) is 4.39 Å². The van der Waals surface area contributed by atoms with Crippen LogP contribution in [0.5, 0.6) is 0 Å². The highest BCUT2D eigenvalue weighted by Gasteiger charge is 2.18. The summed E-state index contributed by atoms with van der Waals surface area (Å²) in [6.45, 7) is 1.82. The molecule has 0 aliphatic carbocycles. The number of hydrogen-bond donors (Lipinski definition) is 1. The second-order valence-corrected chi connectivity index (χ2v) is 5.58. The lowest BCUT2D eigenvalue weighted by molar-refractivity contribution is 0.0998. The number of carbonyl (C=O) groups is 1. The first-order valence-corrected chi connectivity index (χ1v) is 7.09. The molecule has 2 aromatic carbocycles. The normalized spacial score (nSPS) is 10.8. The summed E-state index contributed by atoms with van der Waals surface area (Å²) in [7, 11) is 0. The lowest BCUT2D eigenvalue weighted by Crippen LogP contribution is -2.12. The van der Waals surface area contributed by atoms with Crippen LogP contribution in [0, 0.1) is 12.7 Å². The van der Waals surface area contributed by atoms with Gasteiger partial charge < -0.3 is 9.73 Å². The molecule has 0 bridgehead atoms. The predicted molar refractivity (Wildman–Crippen MR) is 83.0 cm³/mol. The third-order valence-corrected chi connectivity index (χ3v) is 3.68. The molecule has 1 heterocycles. The van der Waals surface area contributed by atoms with E-state index in [1.807, 2.05) is 19.1 Å². The molecule has 106 valence electrons. The monoisotopic (exact) mass is 347 g/mol. The van der Waals surface area contributed by atoms with Gasteiger partial charge in [-0.2, -0.15) is 0 Å². The number of hydrogen-bond acceptors (Lipinski definition) is 2. The van der Waals surface area contributed by atoms with E-state index in [0.29, 0.717) is 11.3 Å². The first-order valence-electron chi connectivity index (χ1n) is 6.30. The van der Waals surface area contributed by atoms with Crippen molar-refractivity contribution >= 4 is 38.5 Å². The van der Waals surface area contributed by atoms with Crippen molar-refractivity contribution < 1.29 is 13.6 Å². The first-order chi connectivity index (χ1) is 10.0. The Hall–Kier alpha value is -2.14. The maximum atomic E-state index is 13.1. The molecular weight excluding hydrogens is 337 g/mol. The van der Waals surface area contributed by atoms with Crippen LogP contribution in [-0.2, 0) is 0 Å². The van der Waals surface area contributed by atoms with Crippen LogP contribution in [-0.4, -0.2) is 5.91 Å². The summed E-state index contributed by atoms with van der Waals surface area (Å²) in [5.41, 5.74) is 1.78. The average molecular weight is 348 g/mol. The predicted octanol–water partition coefficient (Wildman–Crippen LogP) is 4.90. The van der Waals surface area contributed by atoms with Crippen molar-refractivity contribution in [1.29, 1.82) is 0 Å². The third kappa shape index (κ3) is 2.69. The van der Waals surface area contributed by atoms with Gasteiger partial charge in [0.15, 0.2) is 5.76 Å². The zero-order chi connectivity index (χ0) is 15.0. The Kier molecular flexibility index (Phi) is 3.51. The summed E-state index contributed by atoms with van der Waals surface area (Å²) in [5, 5.41) is 3.50. The van der Waals surface area contributed by atoms with Crippen LogP contribution in [0.2, 0.25) is 0 Å². The molecule has 0 spiro atoms. The zero-order valence-corrected chi connectivity index (χ0v) is 12.7. The molecule has 0 saturated carbocycles. The Morgan fingerprint density at radius 1 is 1.24 bits per heavy atom. The number of fused-ring (bicyclic) bond motifs is 1. The van der Waals surface area contributed by atoms with Gasteiger partial charge >= 0.3 is 0 Å². The average Bonchev–Trinajstić information content (AvgIpc) is 2.76. The van der Waals surface area contributed by atoms with E-state index in [9.17, 15) is 9.18 Å². The highest BCUT2D eigenvalue weighted by molar-refractivity contribution is 9.10. The zero-order valence-electron chi connectivity index (χ0n) is 11.1. The molecule has 3 nitrogen and oxygen atoms in total. The summed E-state index contributed by atoms with van der Waals surface area (Å²) in [6, 6.07) is 11.3. The molecule has 1 amide bonds. The quantitative estimate of drug-likeness (QED) is 0.716. The van der Waals surface area contributed by atoms with Crippen molar-refractivity contribution in [2.45, 2.75) is 6.92 Å². The number of amides is 1. The smallest absolute Gasteiger partial charge is 0.291 e. The lowest BCUT2D eigenvalue weighted by atomic mass is 10.1. The van der Waals surface area contributed by atoms with Crippen LogP contribution in [0.15, 0.2) is 51.4 Å². The standard InChI is InChI=1S/C16H11BrFNO2/c1-9-13-7-10(17)5-6-14(13)21-15(9)16(20)19-12-4-2-3-11(18)8-12/h2-8H,1H3,(H,19,20). The molecule has 1 N–H and O–H groups in total. The van der Waals surface area contributed by atoms with Crippen LogP contribution >= 0.6 is 15.9 Å². The Bertz CT molecular complexity index is 841. The van der Waals surface area contributed by atoms with Gasteiger partial charge in [-0.3, -0.25) is 4.79 Å². The molecule has 0 radical (unpaired) electrons. The number of anilines is 1. The minimum atomic E-state index is -0.405. The number of furan rings is 1. The van der Waals surface area contributed by atoms with Gasteiger partial charge in [0.05, 0.1) is 0 Å². The topological polar surface area (TPSA) is 42.2 Å². The Morgan fingerprint density at radius 2 is 2.05 bits per heavy atom. The molecule has 0 aliphatic heterocycles. The third-order valence-electron chi connectivity index (χ3n) is 3.19. The molecule has 0 unspecified atom stereocenters. The molecule has 21 heavy (non-hydrogen) atoms. The largest absolute Gasteiger partial charge is 0.451 e. The van der Waals surface area contributed by atoms with E-state index in [2.05, 4.69) is 21.2 Å². The molecule has 0 fully saturated rings. The van der Waals surface area contributed by atoms with Crippen LogP contribution in [0.3, 0.4) is 0 Å². The maximum Gasteiger partial charge on any atom is 0.291 e. The summed E-state index contributed by atoms with van der Waals surface area (Å²) in [6.07, 6.45) is 0. The van der Waals surface area contributed by atoms with Gasteiger partial charge in [0, 0.05) is 21.1 Å². The van der Waals surface area contributed by atoms with E-state index >= 15 is 0 Å². The van der Waals surface area contributed by atoms with Gasteiger partial charge in [0.2, 0.25) is 0 Å². The molecule has 3 aromatic rings. The van der Waals surface area contributed by atoms with E-state index in [1.54, 1.807) is 12.1 Å².